The van der Waals surface area contributed by atoms with E-state index < -0.39 is 0 Å². The van der Waals surface area contributed by atoms with Gasteiger partial charge in [-0.05, 0) is 18.9 Å². The van der Waals surface area contributed by atoms with Gasteiger partial charge in [0.1, 0.15) is 0 Å². The van der Waals surface area contributed by atoms with Gasteiger partial charge in [0.2, 0.25) is 0 Å². The van der Waals surface area contributed by atoms with Crippen LogP contribution in [0.25, 0.3) is 0 Å². The van der Waals surface area contributed by atoms with E-state index in [0.717, 1.165) is 18.4 Å². The summed E-state index contributed by atoms with van der Waals surface area (Å²) in [6, 6.07) is 5.10. The van der Waals surface area contributed by atoms with Gasteiger partial charge in [-0.15, -0.1) is 0 Å². The van der Waals surface area contributed by atoms with Crippen LogP contribution in [0, 0.1) is 5.82 Å². The van der Waals surface area contributed by atoms with E-state index in [9.17, 15) is 4.39 Å². The van der Waals surface area contributed by atoms with E-state index in [1.807, 2.05) is 6.07 Å². The molecule has 0 saturated heterocycles. The van der Waals surface area contributed by atoms with Crippen molar-refractivity contribution in [1.82, 2.24) is 0 Å². The van der Waals surface area contributed by atoms with Gasteiger partial charge < -0.3 is 4.74 Å². The number of methoxy groups -OCH3 is 1. The standard InChI is InChI=1S/C12H13FO/c1-14-12-10(7-4-8-11(12)13)9-5-2-3-6-9/h2,4-5,7-9H,3,6H2,1H3. The van der Waals surface area contributed by atoms with Crippen molar-refractivity contribution in [3.8, 4) is 5.75 Å². The Hall–Kier alpha value is -1.31. The van der Waals surface area contributed by atoms with Gasteiger partial charge in [-0.3, -0.25) is 0 Å². The fourth-order valence-corrected chi connectivity index (χ4v) is 1.92. The molecular formula is C12H13FO. The van der Waals surface area contributed by atoms with Crippen LogP contribution in [-0.2, 0) is 0 Å². The van der Waals surface area contributed by atoms with Crippen LogP contribution in [0.5, 0.6) is 5.75 Å². The Morgan fingerprint density at radius 3 is 2.93 bits per heavy atom. The molecule has 1 aromatic rings. The van der Waals surface area contributed by atoms with Crippen LogP contribution in [0.3, 0.4) is 0 Å². The van der Waals surface area contributed by atoms with E-state index >= 15 is 0 Å². The van der Waals surface area contributed by atoms with Crippen molar-refractivity contribution in [2.24, 2.45) is 0 Å². The summed E-state index contributed by atoms with van der Waals surface area (Å²) in [6.45, 7) is 0. The van der Waals surface area contributed by atoms with Crippen molar-refractivity contribution in [1.29, 1.82) is 0 Å². The largest absolute Gasteiger partial charge is 0.493 e. The highest BCUT2D eigenvalue weighted by Crippen LogP contribution is 2.35. The minimum absolute atomic E-state index is 0.273. The molecule has 1 aromatic carbocycles. The summed E-state index contributed by atoms with van der Waals surface area (Å²) >= 11 is 0. The molecule has 0 N–H and O–H groups in total. The minimum Gasteiger partial charge on any atom is -0.493 e. The van der Waals surface area contributed by atoms with Crippen molar-refractivity contribution in [2.45, 2.75) is 18.8 Å². The first-order chi connectivity index (χ1) is 6.83. The predicted molar refractivity (Wildman–Crippen MR) is 54.1 cm³/mol. The van der Waals surface area contributed by atoms with Crippen LogP contribution < -0.4 is 4.74 Å². The Bertz CT molecular complexity index is 357. The number of rotatable bonds is 2. The SMILES string of the molecule is COc1c(F)cccc1C1C=CCC1. The molecule has 2 rings (SSSR count). The lowest BCUT2D eigenvalue weighted by molar-refractivity contribution is 0.379. The average molecular weight is 192 g/mol. The molecule has 1 aliphatic rings. The topological polar surface area (TPSA) is 9.23 Å². The van der Waals surface area contributed by atoms with Crippen LogP contribution >= 0.6 is 0 Å². The lowest BCUT2D eigenvalue weighted by atomic mass is 9.97. The monoisotopic (exact) mass is 192 g/mol. The van der Waals surface area contributed by atoms with Gasteiger partial charge in [0.05, 0.1) is 7.11 Å². The number of halogens is 1. The van der Waals surface area contributed by atoms with Crippen molar-refractivity contribution in [3.63, 3.8) is 0 Å². The van der Waals surface area contributed by atoms with Crippen molar-refractivity contribution < 1.29 is 9.13 Å². The van der Waals surface area contributed by atoms with Crippen LogP contribution in [0.1, 0.15) is 24.3 Å². The second kappa shape index (κ2) is 3.82. The van der Waals surface area contributed by atoms with Gasteiger partial charge in [-0.2, -0.15) is 0 Å². The molecule has 2 heteroatoms. The maximum Gasteiger partial charge on any atom is 0.165 e. The zero-order valence-electron chi connectivity index (χ0n) is 8.16. The van der Waals surface area contributed by atoms with Crippen molar-refractivity contribution >= 4 is 0 Å². The molecule has 1 aliphatic carbocycles. The Morgan fingerprint density at radius 1 is 1.43 bits per heavy atom. The summed E-state index contributed by atoms with van der Waals surface area (Å²) in [5, 5.41) is 0. The quantitative estimate of drug-likeness (QED) is 0.653. The average Bonchev–Trinajstić information content (AvgIpc) is 2.70. The van der Waals surface area contributed by atoms with Crippen molar-refractivity contribution in [3.05, 3.63) is 41.7 Å². The molecule has 0 fully saturated rings. The summed E-state index contributed by atoms with van der Waals surface area (Å²) < 4.78 is 18.4. The van der Waals surface area contributed by atoms with Crippen molar-refractivity contribution in [2.75, 3.05) is 7.11 Å². The smallest absolute Gasteiger partial charge is 0.165 e. The Kier molecular flexibility index (Phi) is 2.53. The van der Waals surface area contributed by atoms with Crippen LogP contribution in [0.4, 0.5) is 4.39 Å². The van der Waals surface area contributed by atoms with Crippen LogP contribution in [0.15, 0.2) is 30.4 Å². The maximum atomic E-state index is 13.4. The maximum absolute atomic E-state index is 13.4. The number of hydrogen-bond donors (Lipinski definition) is 0. The van der Waals surface area contributed by atoms with E-state index in [-0.39, 0.29) is 5.82 Å². The zero-order chi connectivity index (χ0) is 9.97. The number of ether oxygens (including phenoxy) is 1. The molecule has 1 atom stereocenters. The molecule has 0 aliphatic heterocycles. The Balaban J connectivity index is 2.40. The molecule has 0 aromatic heterocycles. The van der Waals surface area contributed by atoms with E-state index in [0.29, 0.717) is 11.7 Å². The lowest BCUT2D eigenvalue weighted by Gasteiger charge is -2.13. The van der Waals surface area contributed by atoms with Crippen LogP contribution in [-0.4, -0.2) is 7.11 Å². The van der Waals surface area contributed by atoms with Gasteiger partial charge in [0.15, 0.2) is 11.6 Å². The molecule has 0 radical (unpaired) electrons. The molecule has 1 unspecified atom stereocenters. The summed E-state index contributed by atoms with van der Waals surface area (Å²) in [5.41, 5.74) is 0.959. The third-order valence-electron chi connectivity index (χ3n) is 2.61. The van der Waals surface area contributed by atoms with Gasteiger partial charge in [-0.1, -0.05) is 24.3 Å². The summed E-state index contributed by atoms with van der Waals surface area (Å²) in [5.74, 6) is 0.440. The van der Waals surface area contributed by atoms with Gasteiger partial charge in [-0.25, -0.2) is 4.39 Å². The van der Waals surface area contributed by atoms with E-state index in [1.165, 1.54) is 13.2 Å². The van der Waals surface area contributed by atoms with Gasteiger partial charge in [0, 0.05) is 11.5 Å². The second-order valence-electron chi connectivity index (χ2n) is 3.47. The highest BCUT2D eigenvalue weighted by Gasteiger charge is 2.18. The molecule has 0 spiro atoms. The number of para-hydroxylation sites is 1. The zero-order valence-corrected chi connectivity index (χ0v) is 8.16. The molecule has 74 valence electrons. The number of allylic oxidation sites excluding steroid dienone is 2. The molecule has 0 heterocycles. The van der Waals surface area contributed by atoms with E-state index in [2.05, 4.69) is 12.2 Å². The normalized spacial score (nSPS) is 20.0. The first-order valence-corrected chi connectivity index (χ1v) is 4.82. The molecule has 0 amide bonds. The van der Waals surface area contributed by atoms with E-state index in [4.69, 9.17) is 4.74 Å². The summed E-state index contributed by atoms with van der Waals surface area (Å²) in [7, 11) is 1.51. The molecular weight excluding hydrogens is 179 g/mol. The third-order valence-corrected chi connectivity index (χ3v) is 2.61. The first kappa shape index (κ1) is 9.25. The third kappa shape index (κ3) is 1.52. The number of benzene rings is 1. The van der Waals surface area contributed by atoms with E-state index in [1.54, 1.807) is 6.07 Å². The fraction of sp³-hybridized carbons (Fsp3) is 0.333. The summed E-state index contributed by atoms with van der Waals surface area (Å²) in [6.07, 6.45) is 6.39. The predicted octanol–water partition coefficient (Wildman–Crippen LogP) is 3.27. The van der Waals surface area contributed by atoms with Crippen LogP contribution in [0.2, 0.25) is 0 Å². The minimum atomic E-state index is -0.273. The molecule has 0 bridgehead atoms. The van der Waals surface area contributed by atoms with Gasteiger partial charge in [0.25, 0.3) is 0 Å². The Labute approximate surface area is 83.2 Å². The first-order valence-electron chi connectivity index (χ1n) is 4.82. The highest BCUT2D eigenvalue weighted by atomic mass is 19.1. The van der Waals surface area contributed by atoms with Gasteiger partial charge >= 0.3 is 0 Å². The second-order valence-corrected chi connectivity index (χ2v) is 3.47. The summed E-state index contributed by atoms with van der Waals surface area (Å²) in [4.78, 5) is 0. The molecule has 14 heavy (non-hydrogen) atoms. The highest BCUT2D eigenvalue weighted by molar-refractivity contribution is 5.40. The molecule has 0 saturated carbocycles. The molecule has 1 nitrogen and oxygen atoms in total. The lowest BCUT2D eigenvalue weighted by Crippen LogP contribution is -1.98. The number of hydrogen-bond acceptors (Lipinski definition) is 1. The fourth-order valence-electron chi connectivity index (χ4n) is 1.92. The Morgan fingerprint density at radius 2 is 2.29 bits per heavy atom.